The van der Waals surface area contributed by atoms with Crippen LogP contribution in [-0.4, -0.2) is 43.5 Å². The van der Waals surface area contributed by atoms with Gasteiger partial charge in [0.1, 0.15) is 11.6 Å². The molecule has 1 N–H and O–H groups in total. The number of aromatic nitrogens is 2. The number of methoxy groups -OCH3 is 1. The maximum Gasteiger partial charge on any atom is 0.242 e. The minimum Gasteiger partial charge on any atom is -0.497 e. The molecule has 7 nitrogen and oxygen atoms in total. The molecule has 8 heteroatoms. The van der Waals surface area contributed by atoms with E-state index in [0.29, 0.717) is 18.0 Å². The number of rotatable bonds is 9. The minimum atomic E-state index is -3.49. The van der Waals surface area contributed by atoms with Crippen molar-refractivity contribution in [3.05, 3.63) is 53.9 Å². The van der Waals surface area contributed by atoms with Gasteiger partial charge < -0.3 is 14.6 Å². The van der Waals surface area contributed by atoms with Gasteiger partial charge in [0.2, 0.25) is 10.0 Å². The van der Waals surface area contributed by atoms with E-state index >= 15 is 0 Å². The molecule has 1 atom stereocenters. The van der Waals surface area contributed by atoms with Crippen LogP contribution >= 0.6 is 0 Å². The van der Waals surface area contributed by atoms with Crippen LogP contribution in [0.3, 0.4) is 0 Å². The molecule has 1 fully saturated rings. The van der Waals surface area contributed by atoms with Gasteiger partial charge in [-0.25, -0.2) is 17.7 Å². The average molecular weight is 443 g/mol. The summed E-state index contributed by atoms with van der Waals surface area (Å²) in [6.07, 6.45) is 2.44. The Balaban J connectivity index is 1.60. The van der Waals surface area contributed by atoms with E-state index in [0.717, 1.165) is 23.6 Å². The molecule has 1 unspecified atom stereocenters. The second-order valence-corrected chi connectivity index (χ2v) is 10.3. The number of ether oxygens (including phenoxy) is 1. The average Bonchev–Trinajstić information content (AvgIpc) is 3.54. The van der Waals surface area contributed by atoms with Crippen LogP contribution in [-0.2, 0) is 23.1 Å². The van der Waals surface area contributed by atoms with Crippen molar-refractivity contribution in [3.63, 3.8) is 0 Å². The first-order valence-corrected chi connectivity index (χ1v) is 12.1. The summed E-state index contributed by atoms with van der Waals surface area (Å²) in [5.74, 6) is 2.40. The van der Waals surface area contributed by atoms with Crippen molar-refractivity contribution in [3.8, 4) is 5.75 Å². The van der Waals surface area contributed by atoms with Crippen LogP contribution in [0.1, 0.15) is 37.2 Å². The predicted octanol–water partition coefficient (Wildman–Crippen LogP) is 3.56. The summed E-state index contributed by atoms with van der Waals surface area (Å²) in [6, 6.07) is 13.7. The summed E-state index contributed by atoms with van der Waals surface area (Å²) in [4.78, 5) is 5.05. The van der Waals surface area contributed by atoms with Crippen LogP contribution in [0.4, 0.5) is 0 Å². The molecule has 0 amide bonds. The number of aryl methyl sites for hydroxylation is 1. The van der Waals surface area contributed by atoms with Crippen LogP contribution in [0.5, 0.6) is 5.75 Å². The van der Waals surface area contributed by atoms with Crippen molar-refractivity contribution >= 4 is 21.1 Å². The maximum absolute atomic E-state index is 12.5. The Labute approximate surface area is 184 Å². The number of benzene rings is 2. The molecule has 1 aliphatic carbocycles. The molecule has 166 valence electrons. The lowest BCUT2D eigenvalue weighted by Gasteiger charge is -2.19. The van der Waals surface area contributed by atoms with Crippen molar-refractivity contribution in [1.29, 1.82) is 0 Å². The van der Waals surface area contributed by atoms with Crippen molar-refractivity contribution < 1.29 is 13.2 Å². The van der Waals surface area contributed by atoms with Crippen molar-refractivity contribution in [2.75, 3.05) is 21.2 Å². The molecule has 0 radical (unpaired) electrons. The van der Waals surface area contributed by atoms with E-state index in [4.69, 9.17) is 9.72 Å². The highest BCUT2D eigenvalue weighted by atomic mass is 32.2. The van der Waals surface area contributed by atoms with E-state index in [1.165, 1.54) is 36.8 Å². The first kappa shape index (κ1) is 21.8. The van der Waals surface area contributed by atoms with Crippen LogP contribution in [0.15, 0.2) is 47.4 Å². The van der Waals surface area contributed by atoms with E-state index in [1.807, 2.05) is 18.2 Å². The molecule has 2 aromatic carbocycles. The molecule has 0 bridgehead atoms. The summed E-state index contributed by atoms with van der Waals surface area (Å²) in [5.41, 5.74) is 2.90. The number of imidazole rings is 1. The Morgan fingerprint density at radius 1 is 1.19 bits per heavy atom. The monoisotopic (exact) mass is 442 g/mol. The van der Waals surface area contributed by atoms with Crippen molar-refractivity contribution in [1.82, 2.24) is 19.2 Å². The van der Waals surface area contributed by atoms with E-state index in [1.54, 1.807) is 19.2 Å². The molecule has 1 heterocycles. The second kappa shape index (κ2) is 8.61. The van der Waals surface area contributed by atoms with Gasteiger partial charge >= 0.3 is 0 Å². The normalized spacial score (nSPS) is 15.5. The fraction of sp³-hybridized carbons (Fsp3) is 0.435. The molecule has 0 aliphatic heterocycles. The Bertz CT molecular complexity index is 1170. The lowest BCUT2D eigenvalue weighted by molar-refractivity contribution is 0.413. The van der Waals surface area contributed by atoms with Crippen LogP contribution in [0.25, 0.3) is 11.0 Å². The zero-order chi connectivity index (χ0) is 22.2. The van der Waals surface area contributed by atoms with E-state index in [-0.39, 0.29) is 10.9 Å². The standard InChI is InChI=1S/C23H30N4O3S/c1-5-27-21-13-12-19(31(28,29)26(2)3)14-20(21)25-22(27)15-24-23(16-6-7-16)17-8-10-18(30-4)11-9-17/h8-14,16,23-24H,5-7,15H2,1-4H3. The second-order valence-electron chi connectivity index (χ2n) is 8.18. The third-order valence-electron chi connectivity index (χ3n) is 5.94. The molecule has 1 saturated carbocycles. The van der Waals surface area contributed by atoms with Gasteiger partial charge in [0, 0.05) is 26.7 Å². The zero-order valence-corrected chi connectivity index (χ0v) is 19.3. The SMILES string of the molecule is CCn1c(CNC(c2ccc(OC)cc2)C2CC2)nc2cc(S(=O)(=O)N(C)C)ccc21. The predicted molar refractivity (Wildman–Crippen MR) is 122 cm³/mol. The summed E-state index contributed by atoms with van der Waals surface area (Å²) in [5, 5.41) is 3.70. The number of hydrogen-bond donors (Lipinski definition) is 1. The Kier molecular flexibility index (Phi) is 6.05. The van der Waals surface area contributed by atoms with Gasteiger partial charge in [-0.05, 0) is 61.6 Å². The molecule has 0 saturated heterocycles. The Morgan fingerprint density at radius 3 is 2.48 bits per heavy atom. The smallest absolute Gasteiger partial charge is 0.242 e. The lowest BCUT2D eigenvalue weighted by Crippen LogP contribution is -2.24. The maximum atomic E-state index is 12.5. The van der Waals surface area contributed by atoms with Gasteiger partial charge in [0.05, 0.1) is 29.6 Å². The topological polar surface area (TPSA) is 76.5 Å². The molecular weight excluding hydrogens is 412 g/mol. The van der Waals surface area contributed by atoms with Crippen LogP contribution in [0.2, 0.25) is 0 Å². The number of fused-ring (bicyclic) bond motifs is 1. The number of hydrogen-bond acceptors (Lipinski definition) is 5. The van der Waals surface area contributed by atoms with Gasteiger partial charge in [0.15, 0.2) is 0 Å². The largest absolute Gasteiger partial charge is 0.497 e. The summed E-state index contributed by atoms with van der Waals surface area (Å²) in [6.45, 7) is 3.46. The summed E-state index contributed by atoms with van der Waals surface area (Å²) < 4.78 is 33.7. The Hall–Kier alpha value is -2.42. The third-order valence-corrected chi connectivity index (χ3v) is 7.75. The first-order chi connectivity index (χ1) is 14.8. The highest BCUT2D eigenvalue weighted by molar-refractivity contribution is 7.89. The summed E-state index contributed by atoms with van der Waals surface area (Å²) >= 11 is 0. The molecule has 0 spiro atoms. The molecule has 4 rings (SSSR count). The molecule has 31 heavy (non-hydrogen) atoms. The first-order valence-electron chi connectivity index (χ1n) is 10.6. The molecule has 1 aliphatic rings. The third kappa shape index (κ3) is 4.33. The fourth-order valence-corrected chi connectivity index (χ4v) is 4.94. The lowest BCUT2D eigenvalue weighted by atomic mass is 10.0. The quantitative estimate of drug-likeness (QED) is 0.548. The van der Waals surface area contributed by atoms with Crippen LogP contribution in [0, 0.1) is 5.92 Å². The van der Waals surface area contributed by atoms with E-state index < -0.39 is 10.0 Å². The molecule has 3 aromatic rings. The van der Waals surface area contributed by atoms with Gasteiger partial charge in [-0.15, -0.1) is 0 Å². The molecule has 1 aromatic heterocycles. The van der Waals surface area contributed by atoms with E-state index in [9.17, 15) is 8.42 Å². The number of nitrogens with one attached hydrogen (secondary N) is 1. The van der Waals surface area contributed by atoms with Crippen molar-refractivity contribution in [2.45, 2.75) is 43.8 Å². The zero-order valence-electron chi connectivity index (χ0n) is 18.5. The highest BCUT2D eigenvalue weighted by Gasteiger charge is 2.32. The van der Waals surface area contributed by atoms with Gasteiger partial charge in [0.25, 0.3) is 0 Å². The molecular formula is C23H30N4O3S. The van der Waals surface area contributed by atoms with Gasteiger partial charge in [-0.1, -0.05) is 12.1 Å². The number of nitrogens with zero attached hydrogens (tertiary/aromatic N) is 3. The summed E-state index contributed by atoms with van der Waals surface area (Å²) in [7, 11) is 1.26. The van der Waals surface area contributed by atoms with Gasteiger partial charge in [-0.2, -0.15) is 0 Å². The fourth-order valence-electron chi connectivity index (χ4n) is 4.02. The minimum absolute atomic E-state index is 0.263. The number of sulfonamides is 1. The Morgan fingerprint density at radius 2 is 1.90 bits per heavy atom. The highest BCUT2D eigenvalue weighted by Crippen LogP contribution is 2.41. The van der Waals surface area contributed by atoms with Gasteiger partial charge in [-0.3, -0.25) is 0 Å². The van der Waals surface area contributed by atoms with Crippen LogP contribution < -0.4 is 10.1 Å². The van der Waals surface area contributed by atoms with E-state index in [2.05, 4.69) is 28.9 Å². The van der Waals surface area contributed by atoms with Crippen molar-refractivity contribution in [2.24, 2.45) is 5.92 Å².